The average molecular weight is 351 g/mol. The van der Waals surface area contributed by atoms with Crippen molar-refractivity contribution in [3.63, 3.8) is 0 Å². The number of aromatic nitrogens is 2. The standard InChI is InChI=1S/C18H26N4O.ClH/c1-12(2)16-10-17(20-18(23)14(4)11-19-5)22(21-16)15-8-6-13(3)7-9-15;/h6-10,12,14,19H,11H2,1-5H3,(H,20,23);1H. The smallest absolute Gasteiger partial charge is 0.229 e. The number of anilines is 1. The summed E-state index contributed by atoms with van der Waals surface area (Å²) in [6.07, 6.45) is 0. The van der Waals surface area contributed by atoms with Gasteiger partial charge in [0.2, 0.25) is 5.91 Å². The van der Waals surface area contributed by atoms with Crippen LogP contribution in [0.2, 0.25) is 0 Å². The van der Waals surface area contributed by atoms with Crippen molar-refractivity contribution < 1.29 is 4.79 Å². The highest BCUT2D eigenvalue weighted by Crippen LogP contribution is 2.22. The minimum absolute atomic E-state index is 0. The molecule has 0 aliphatic carbocycles. The second-order valence-electron chi connectivity index (χ2n) is 6.30. The molecule has 1 heterocycles. The maximum Gasteiger partial charge on any atom is 0.229 e. The summed E-state index contributed by atoms with van der Waals surface area (Å²) in [5.41, 5.74) is 3.10. The topological polar surface area (TPSA) is 59.0 Å². The Balaban J connectivity index is 0.00000288. The lowest BCUT2D eigenvalue weighted by Gasteiger charge is -2.13. The zero-order valence-corrected chi connectivity index (χ0v) is 15.8. The van der Waals surface area contributed by atoms with E-state index in [1.807, 2.05) is 44.3 Å². The third kappa shape index (κ3) is 4.82. The number of hydrogen-bond donors (Lipinski definition) is 2. The molecule has 0 radical (unpaired) electrons. The molecule has 132 valence electrons. The van der Waals surface area contributed by atoms with Crippen molar-refractivity contribution in [3.05, 3.63) is 41.6 Å². The summed E-state index contributed by atoms with van der Waals surface area (Å²) in [4.78, 5) is 12.3. The van der Waals surface area contributed by atoms with Crippen LogP contribution in [-0.2, 0) is 4.79 Å². The van der Waals surface area contributed by atoms with Gasteiger partial charge in [0, 0.05) is 18.5 Å². The van der Waals surface area contributed by atoms with Crippen LogP contribution in [0.1, 0.15) is 37.9 Å². The van der Waals surface area contributed by atoms with E-state index in [4.69, 9.17) is 0 Å². The fraction of sp³-hybridized carbons (Fsp3) is 0.444. The first-order chi connectivity index (χ1) is 10.9. The number of carbonyl (C=O) groups excluding carboxylic acids is 1. The van der Waals surface area contributed by atoms with E-state index in [1.54, 1.807) is 4.68 Å². The fourth-order valence-electron chi connectivity index (χ4n) is 2.30. The first-order valence-corrected chi connectivity index (χ1v) is 8.04. The van der Waals surface area contributed by atoms with Crippen molar-refractivity contribution in [1.29, 1.82) is 0 Å². The van der Waals surface area contributed by atoms with Crippen LogP contribution in [-0.4, -0.2) is 29.3 Å². The van der Waals surface area contributed by atoms with Gasteiger partial charge in [0.05, 0.1) is 11.4 Å². The second-order valence-corrected chi connectivity index (χ2v) is 6.30. The van der Waals surface area contributed by atoms with Crippen molar-refractivity contribution >= 4 is 24.1 Å². The first-order valence-electron chi connectivity index (χ1n) is 8.04. The number of hydrogen-bond acceptors (Lipinski definition) is 3. The van der Waals surface area contributed by atoms with Gasteiger partial charge in [-0.3, -0.25) is 4.79 Å². The van der Waals surface area contributed by atoms with Crippen molar-refractivity contribution in [3.8, 4) is 5.69 Å². The van der Waals surface area contributed by atoms with Crippen LogP contribution < -0.4 is 10.6 Å². The van der Waals surface area contributed by atoms with E-state index in [2.05, 4.69) is 36.5 Å². The third-order valence-corrected chi connectivity index (χ3v) is 3.81. The molecule has 1 unspecified atom stereocenters. The molecule has 5 nitrogen and oxygen atoms in total. The molecule has 2 rings (SSSR count). The molecule has 1 aromatic heterocycles. The van der Waals surface area contributed by atoms with Crippen LogP contribution in [0, 0.1) is 12.8 Å². The van der Waals surface area contributed by atoms with Gasteiger partial charge in [-0.1, -0.05) is 38.5 Å². The van der Waals surface area contributed by atoms with Gasteiger partial charge < -0.3 is 10.6 Å². The number of nitrogens with one attached hydrogen (secondary N) is 2. The normalized spacial score (nSPS) is 11.9. The summed E-state index contributed by atoms with van der Waals surface area (Å²) in [5, 5.41) is 10.7. The van der Waals surface area contributed by atoms with Crippen LogP contribution in [0.15, 0.2) is 30.3 Å². The number of rotatable bonds is 6. The molecule has 0 saturated carbocycles. The molecule has 24 heavy (non-hydrogen) atoms. The van der Waals surface area contributed by atoms with E-state index in [9.17, 15) is 4.79 Å². The molecular weight excluding hydrogens is 324 g/mol. The molecule has 0 saturated heterocycles. The molecule has 2 aromatic rings. The Labute approximate surface area is 150 Å². The molecule has 2 N–H and O–H groups in total. The molecule has 0 bridgehead atoms. The Morgan fingerprint density at radius 2 is 1.83 bits per heavy atom. The van der Waals surface area contributed by atoms with E-state index in [0.29, 0.717) is 18.3 Å². The average Bonchev–Trinajstić information content (AvgIpc) is 2.92. The zero-order valence-electron chi connectivity index (χ0n) is 15.0. The summed E-state index contributed by atoms with van der Waals surface area (Å²) >= 11 is 0. The van der Waals surface area contributed by atoms with Gasteiger partial charge in [-0.25, -0.2) is 4.68 Å². The lowest BCUT2D eigenvalue weighted by molar-refractivity contribution is -0.119. The summed E-state index contributed by atoms with van der Waals surface area (Å²) in [6.45, 7) is 8.78. The largest absolute Gasteiger partial charge is 0.319 e. The third-order valence-electron chi connectivity index (χ3n) is 3.81. The van der Waals surface area contributed by atoms with Crippen molar-refractivity contribution in [2.45, 2.75) is 33.6 Å². The highest BCUT2D eigenvalue weighted by Gasteiger charge is 2.17. The number of nitrogens with zero attached hydrogens (tertiary/aromatic N) is 2. The van der Waals surface area contributed by atoms with Crippen LogP contribution in [0.25, 0.3) is 5.69 Å². The maximum atomic E-state index is 12.3. The van der Waals surface area contributed by atoms with E-state index in [-0.39, 0.29) is 24.2 Å². The van der Waals surface area contributed by atoms with Gasteiger partial charge in [0.25, 0.3) is 0 Å². The van der Waals surface area contributed by atoms with Crippen LogP contribution >= 0.6 is 12.4 Å². The molecular formula is C18H27ClN4O. The number of carbonyl (C=O) groups is 1. The summed E-state index contributed by atoms with van der Waals surface area (Å²) in [6, 6.07) is 10.1. The number of amides is 1. The Bertz CT molecular complexity index is 664. The van der Waals surface area contributed by atoms with Gasteiger partial charge in [-0.2, -0.15) is 5.10 Å². The SMILES string of the molecule is CNCC(C)C(=O)Nc1cc(C(C)C)nn1-c1ccc(C)cc1.Cl. The van der Waals surface area contributed by atoms with Gasteiger partial charge in [-0.05, 0) is 32.0 Å². The number of benzene rings is 1. The minimum atomic E-state index is -0.108. The molecule has 0 fully saturated rings. The predicted molar refractivity (Wildman–Crippen MR) is 101 cm³/mol. The monoisotopic (exact) mass is 350 g/mol. The lowest BCUT2D eigenvalue weighted by Crippen LogP contribution is -2.29. The fourth-order valence-corrected chi connectivity index (χ4v) is 2.30. The first kappa shape index (κ1) is 20.2. The highest BCUT2D eigenvalue weighted by molar-refractivity contribution is 5.92. The minimum Gasteiger partial charge on any atom is -0.319 e. The lowest BCUT2D eigenvalue weighted by atomic mass is 10.1. The Kier molecular flexibility index (Phi) is 7.45. The van der Waals surface area contributed by atoms with Gasteiger partial charge in [0.15, 0.2) is 0 Å². The Hall–Kier alpha value is -1.85. The van der Waals surface area contributed by atoms with Gasteiger partial charge in [0.1, 0.15) is 5.82 Å². The molecule has 1 amide bonds. The van der Waals surface area contributed by atoms with E-state index < -0.39 is 0 Å². The second kappa shape index (κ2) is 8.85. The van der Waals surface area contributed by atoms with Crippen molar-refractivity contribution in [2.75, 3.05) is 18.9 Å². The van der Waals surface area contributed by atoms with Crippen molar-refractivity contribution in [1.82, 2.24) is 15.1 Å². The molecule has 6 heteroatoms. The number of aryl methyl sites for hydroxylation is 1. The van der Waals surface area contributed by atoms with Crippen molar-refractivity contribution in [2.24, 2.45) is 5.92 Å². The molecule has 1 atom stereocenters. The highest BCUT2D eigenvalue weighted by atomic mass is 35.5. The van der Waals surface area contributed by atoms with Crippen LogP contribution in [0.4, 0.5) is 5.82 Å². The Morgan fingerprint density at radius 3 is 2.38 bits per heavy atom. The summed E-state index contributed by atoms with van der Waals surface area (Å²) in [7, 11) is 1.84. The van der Waals surface area contributed by atoms with Crippen LogP contribution in [0.3, 0.4) is 0 Å². The number of halogens is 1. The van der Waals surface area contributed by atoms with E-state index in [1.165, 1.54) is 5.56 Å². The van der Waals surface area contributed by atoms with E-state index >= 15 is 0 Å². The predicted octanol–water partition coefficient (Wildman–Crippen LogP) is 3.52. The molecule has 0 spiro atoms. The molecule has 0 aliphatic rings. The van der Waals surface area contributed by atoms with E-state index in [0.717, 1.165) is 11.4 Å². The van der Waals surface area contributed by atoms with Gasteiger partial charge in [-0.15, -0.1) is 12.4 Å². The van der Waals surface area contributed by atoms with Crippen LogP contribution in [0.5, 0.6) is 0 Å². The molecule has 0 aliphatic heterocycles. The molecule has 1 aromatic carbocycles. The zero-order chi connectivity index (χ0) is 17.0. The summed E-state index contributed by atoms with van der Waals surface area (Å²) < 4.78 is 1.80. The maximum absolute atomic E-state index is 12.3. The Morgan fingerprint density at radius 1 is 1.21 bits per heavy atom. The summed E-state index contributed by atoms with van der Waals surface area (Å²) in [5.74, 6) is 0.893. The quantitative estimate of drug-likeness (QED) is 0.838. The van der Waals surface area contributed by atoms with Gasteiger partial charge >= 0.3 is 0 Å².